The summed E-state index contributed by atoms with van der Waals surface area (Å²) in [5.74, 6) is -0.520. The first-order valence-corrected chi connectivity index (χ1v) is 5.87. The molecule has 0 spiro atoms. The van der Waals surface area contributed by atoms with Crippen molar-refractivity contribution in [1.29, 1.82) is 0 Å². The topological polar surface area (TPSA) is 26.3 Å². The standard InChI is InChI=1S/C16H12O2/c17-16-15(13-9-5-2-6-10-13)14(11-18-16)12-7-3-1-4-8-12/h1-11,15H. The van der Waals surface area contributed by atoms with Crippen LogP contribution >= 0.6 is 0 Å². The highest BCUT2D eigenvalue weighted by Gasteiger charge is 2.32. The van der Waals surface area contributed by atoms with Crippen LogP contribution in [0.1, 0.15) is 17.0 Å². The summed E-state index contributed by atoms with van der Waals surface area (Å²) in [4.78, 5) is 11.9. The fourth-order valence-electron chi connectivity index (χ4n) is 2.21. The van der Waals surface area contributed by atoms with Crippen molar-refractivity contribution in [2.45, 2.75) is 5.92 Å². The second kappa shape index (κ2) is 4.49. The van der Waals surface area contributed by atoms with E-state index in [1.165, 1.54) is 0 Å². The maximum Gasteiger partial charge on any atom is 0.322 e. The molecule has 3 rings (SSSR count). The third kappa shape index (κ3) is 1.82. The van der Waals surface area contributed by atoms with Gasteiger partial charge in [0.05, 0.1) is 6.26 Å². The number of carbonyl (C=O) groups excluding carboxylic acids is 1. The number of esters is 1. The molecule has 18 heavy (non-hydrogen) atoms. The summed E-state index contributed by atoms with van der Waals surface area (Å²) in [7, 11) is 0. The number of ether oxygens (including phenoxy) is 1. The summed E-state index contributed by atoms with van der Waals surface area (Å²) in [6.45, 7) is 0. The van der Waals surface area contributed by atoms with Crippen molar-refractivity contribution < 1.29 is 9.53 Å². The van der Waals surface area contributed by atoms with Gasteiger partial charge in [-0.25, -0.2) is 0 Å². The lowest BCUT2D eigenvalue weighted by molar-refractivity contribution is -0.136. The Morgan fingerprint density at radius 1 is 0.833 bits per heavy atom. The smallest absolute Gasteiger partial charge is 0.322 e. The lowest BCUT2D eigenvalue weighted by atomic mass is 9.89. The van der Waals surface area contributed by atoms with Crippen LogP contribution in [0.5, 0.6) is 0 Å². The molecule has 2 aromatic carbocycles. The number of hydrogen-bond acceptors (Lipinski definition) is 2. The Bertz CT molecular complexity index is 585. The van der Waals surface area contributed by atoms with Gasteiger partial charge in [-0.2, -0.15) is 0 Å². The first kappa shape index (κ1) is 10.8. The van der Waals surface area contributed by atoms with Crippen LogP contribution in [0.15, 0.2) is 66.9 Å². The van der Waals surface area contributed by atoms with Gasteiger partial charge in [0.1, 0.15) is 5.92 Å². The van der Waals surface area contributed by atoms with Gasteiger partial charge in [0, 0.05) is 5.57 Å². The summed E-state index contributed by atoms with van der Waals surface area (Å²) < 4.78 is 5.09. The van der Waals surface area contributed by atoms with E-state index in [2.05, 4.69) is 0 Å². The number of hydrogen-bond donors (Lipinski definition) is 0. The number of benzene rings is 2. The van der Waals surface area contributed by atoms with E-state index in [9.17, 15) is 4.79 Å². The zero-order chi connectivity index (χ0) is 12.4. The number of cyclic esters (lactones) is 1. The molecule has 0 amide bonds. The molecule has 0 N–H and O–H groups in total. The summed E-state index contributed by atoms with van der Waals surface area (Å²) in [6.07, 6.45) is 1.56. The summed E-state index contributed by atoms with van der Waals surface area (Å²) in [5, 5.41) is 0. The van der Waals surface area contributed by atoms with Gasteiger partial charge in [0.15, 0.2) is 0 Å². The van der Waals surface area contributed by atoms with Crippen LogP contribution in [-0.4, -0.2) is 5.97 Å². The third-order valence-corrected chi connectivity index (χ3v) is 3.09. The van der Waals surface area contributed by atoms with Crippen molar-refractivity contribution in [2.75, 3.05) is 0 Å². The molecule has 1 unspecified atom stereocenters. The first-order chi connectivity index (χ1) is 8.86. The molecule has 0 saturated heterocycles. The normalized spacial score (nSPS) is 18.3. The van der Waals surface area contributed by atoms with E-state index in [-0.39, 0.29) is 11.9 Å². The number of carbonyl (C=O) groups is 1. The molecule has 1 aliphatic rings. The van der Waals surface area contributed by atoms with Gasteiger partial charge >= 0.3 is 5.97 Å². The Morgan fingerprint density at radius 2 is 1.44 bits per heavy atom. The van der Waals surface area contributed by atoms with Crippen molar-refractivity contribution in [2.24, 2.45) is 0 Å². The van der Waals surface area contributed by atoms with Gasteiger partial charge in [-0.15, -0.1) is 0 Å². The fraction of sp³-hybridized carbons (Fsp3) is 0.0625. The van der Waals surface area contributed by atoms with Crippen LogP contribution in [0.2, 0.25) is 0 Å². The van der Waals surface area contributed by atoms with E-state index in [4.69, 9.17) is 4.74 Å². The molecule has 2 nitrogen and oxygen atoms in total. The Balaban J connectivity index is 2.03. The Labute approximate surface area is 106 Å². The van der Waals surface area contributed by atoms with E-state index in [0.717, 1.165) is 16.7 Å². The molecule has 1 aliphatic heterocycles. The van der Waals surface area contributed by atoms with Crippen LogP contribution in [0.3, 0.4) is 0 Å². The molecular weight excluding hydrogens is 224 g/mol. The summed E-state index contributed by atoms with van der Waals surface area (Å²) >= 11 is 0. The monoisotopic (exact) mass is 236 g/mol. The molecular formula is C16H12O2. The van der Waals surface area contributed by atoms with Crippen molar-refractivity contribution in [3.8, 4) is 0 Å². The molecule has 0 aliphatic carbocycles. The zero-order valence-electron chi connectivity index (χ0n) is 9.74. The highest BCUT2D eigenvalue weighted by atomic mass is 16.5. The molecule has 88 valence electrons. The Morgan fingerprint density at radius 3 is 2.11 bits per heavy atom. The molecule has 2 aromatic rings. The van der Waals surface area contributed by atoms with E-state index < -0.39 is 0 Å². The van der Waals surface area contributed by atoms with Gasteiger partial charge in [0.25, 0.3) is 0 Å². The van der Waals surface area contributed by atoms with Crippen LogP contribution in [-0.2, 0) is 9.53 Å². The average Bonchev–Trinajstić information content (AvgIpc) is 2.83. The predicted molar refractivity (Wildman–Crippen MR) is 69.7 cm³/mol. The largest absolute Gasteiger partial charge is 0.433 e. The molecule has 1 heterocycles. The van der Waals surface area contributed by atoms with E-state index in [1.807, 2.05) is 60.7 Å². The van der Waals surface area contributed by atoms with Gasteiger partial charge in [-0.1, -0.05) is 60.7 Å². The van der Waals surface area contributed by atoms with Crippen molar-refractivity contribution >= 4 is 11.5 Å². The maximum absolute atomic E-state index is 11.9. The SMILES string of the molecule is O=C1OC=C(c2ccccc2)C1c1ccccc1. The molecule has 0 bridgehead atoms. The molecule has 0 fully saturated rings. The minimum Gasteiger partial charge on any atom is -0.433 e. The van der Waals surface area contributed by atoms with Gasteiger partial charge in [-0.05, 0) is 11.1 Å². The van der Waals surface area contributed by atoms with Crippen LogP contribution < -0.4 is 0 Å². The van der Waals surface area contributed by atoms with Crippen molar-refractivity contribution in [3.63, 3.8) is 0 Å². The maximum atomic E-state index is 11.9. The molecule has 1 atom stereocenters. The Kier molecular flexibility index (Phi) is 2.69. The first-order valence-electron chi connectivity index (χ1n) is 5.87. The van der Waals surface area contributed by atoms with Crippen LogP contribution in [0.25, 0.3) is 5.57 Å². The van der Waals surface area contributed by atoms with Crippen molar-refractivity contribution in [3.05, 3.63) is 78.1 Å². The second-order valence-electron chi connectivity index (χ2n) is 4.22. The van der Waals surface area contributed by atoms with Gasteiger partial charge < -0.3 is 4.74 Å². The van der Waals surface area contributed by atoms with Crippen molar-refractivity contribution in [1.82, 2.24) is 0 Å². The lowest BCUT2D eigenvalue weighted by Gasteiger charge is -2.11. The highest BCUT2D eigenvalue weighted by molar-refractivity contribution is 5.98. The summed E-state index contributed by atoms with van der Waals surface area (Å²) in [5.41, 5.74) is 2.92. The second-order valence-corrected chi connectivity index (χ2v) is 4.22. The molecule has 0 radical (unpaired) electrons. The average molecular weight is 236 g/mol. The van der Waals surface area contributed by atoms with E-state index >= 15 is 0 Å². The van der Waals surface area contributed by atoms with Gasteiger partial charge in [-0.3, -0.25) is 4.79 Å². The van der Waals surface area contributed by atoms with Crippen LogP contribution in [0, 0.1) is 0 Å². The quantitative estimate of drug-likeness (QED) is 0.747. The molecule has 2 heteroatoms. The van der Waals surface area contributed by atoms with Gasteiger partial charge in [0.2, 0.25) is 0 Å². The minimum atomic E-state index is -0.311. The fourth-order valence-corrected chi connectivity index (χ4v) is 2.21. The van der Waals surface area contributed by atoms with Crippen LogP contribution in [0.4, 0.5) is 0 Å². The minimum absolute atomic E-state index is 0.208. The molecule has 0 saturated carbocycles. The van der Waals surface area contributed by atoms with E-state index in [0.29, 0.717) is 0 Å². The number of rotatable bonds is 2. The highest BCUT2D eigenvalue weighted by Crippen LogP contribution is 2.37. The summed E-state index contributed by atoms with van der Waals surface area (Å²) in [6, 6.07) is 19.6. The molecule has 0 aromatic heterocycles. The third-order valence-electron chi connectivity index (χ3n) is 3.09. The zero-order valence-corrected chi connectivity index (χ0v) is 9.74. The van der Waals surface area contributed by atoms with E-state index in [1.54, 1.807) is 6.26 Å². The Hall–Kier alpha value is -2.35. The lowest BCUT2D eigenvalue weighted by Crippen LogP contribution is -2.09. The predicted octanol–water partition coefficient (Wildman–Crippen LogP) is 3.37.